The van der Waals surface area contributed by atoms with Gasteiger partial charge < -0.3 is 10.4 Å². The van der Waals surface area contributed by atoms with Gasteiger partial charge in [-0.1, -0.05) is 24.3 Å². The van der Waals surface area contributed by atoms with Crippen LogP contribution in [0.1, 0.15) is 17.5 Å². The van der Waals surface area contributed by atoms with E-state index in [9.17, 15) is 4.79 Å². The van der Waals surface area contributed by atoms with Crippen LogP contribution >= 0.6 is 11.8 Å². The maximum Gasteiger partial charge on any atom is 0.307 e. The van der Waals surface area contributed by atoms with Gasteiger partial charge in [-0.2, -0.15) is 11.8 Å². The number of nitrogens with one attached hydrogen (secondary N) is 1. The molecule has 17 heavy (non-hydrogen) atoms. The molecule has 0 bridgehead atoms. The first kappa shape index (κ1) is 12.5. The third-order valence-corrected chi connectivity index (χ3v) is 4.13. The van der Waals surface area contributed by atoms with Crippen LogP contribution in [-0.4, -0.2) is 28.6 Å². The van der Waals surface area contributed by atoms with Gasteiger partial charge >= 0.3 is 5.97 Å². The van der Waals surface area contributed by atoms with Crippen LogP contribution in [0.3, 0.4) is 0 Å². The van der Waals surface area contributed by atoms with Crippen LogP contribution in [0.4, 0.5) is 0 Å². The Balaban J connectivity index is 1.96. The normalized spacial score (nSPS) is 19.4. The fourth-order valence-electron chi connectivity index (χ4n) is 2.02. The van der Waals surface area contributed by atoms with Crippen LogP contribution in [0.25, 0.3) is 0 Å². The molecule has 1 aromatic rings. The van der Waals surface area contributed by atoms with Crippen LogP contribution in [0.15, 0.2) is 24.3 Å². The topological polar surface area (TPSA) is 49.3 Å². The molecule has 0 aromatic heterocycles. The number of thioether (sulfide) groups is 1. The predicted molar refractivity (Wildman–Crippen MR) is 70.4 cm³/mol. The molecule has 1 heterocycles. The van der Waals surface area contributed by atoms with Crippen LogP contribution in [-0.2, 0) is 17.8 Å². The third-order valence-electron chi connectivity index (χ3n) is 2.97. The lowest BCUT2D eigenvalue weighted by Gasteiger charge is -2.13. The first-order valence-electron chi connectivity index (χ1n) is 5.85. The molecular weight excluding hydrogens is 234 g/mol. The van der Waals surface area contributed by atoms with Gasteiger partial charge in [-0.15, -0.1) is 0 Å². The molecule has 92 valence electrons. The minimum atomic E-state index is -0.770. The Kier molecular flexibility index (Phi) is 4.45. The number of rotatable bonds is 5. The number of hydrogen-bond acceptors (Lipinski definition) is 3. The Labute approximate surface area is 106 Å². The fraction of sp³-hybridized carbons (Fsp3) is 0.462. The summed E-state index contributed by atoms with van der Waals surface area (Å²) in [5.41, 5.74) is 2.02. The molecule has 1 fully saturated rings. The van der Waals surface area contributed by atoms with Gasteiger partial charge in [-0.3, -0.25) is 4.79 Å². The zero-order valence-corrected chi connectivity index (χ0v) is 10.5. The summed E-state index contributed by atoms with van der Waals surface area (Å²) >= 11 is 1.98. The Morgan fingerprint density at radius 3 is 2.82 bits per heavy atom. The molecule has 1 atom stereocenters. The number of hydrogen-bond donors (Lipinski definition) is 2. The SMILES string of the molecule is O=C(O)Cc1ccccc1CNC1CCSC1. The molecule has 1 unspecified atom stereocenters. The maximum atomic E-state index is 10.8. The summed E-state index contributed by atoms with van der Waals surface area (Å²) in [6.45, 7) is 0.772. The smallest absolute Gasteiger partial charge is 0.307 e. The van der Waals surface area contributed by atoms with Gasteiger partial charge in [-0.05, 0) is 23.3 Å². The van der Waals surface area contributed by atoms with E-state index in [1.54, 1.807) is 0 Å². The molecule has 0 aliphatic carbocycles. The number of carboxylic acids is 1. The largest absolute Gasteiger partial charge is 0.481 e. The molecule has 1 saturated heterocycles. The molecule has 1 aromatic carbocycles. The van der Waals surface area contributed by atoms with Gasteiger partial charge in [0.15, 0.2) is 0 Å². The molecule has 2 rings (SSSR count). The molecule has 4 heteroatoms. The highest BCUT2D eigenvalue weighted by molar-refractivity contribution is 7.99. The van der Waals surface area contributed by atoms with E-state index in [2.05, 4.69) is 5.32 Å². The van der Waals surface area contributed by atoms with E-state index < -0.39 is 5.97 Å². The van der Waals surface area contributed by atoms with E-state index in [-0.39, 0.29) is 6.42 Å². The predicted octanol–water partition coefficient (Wildman–Crippen LogP) is 1.91. The molecule has 0 spiro atoms. The van der Waals surface area contributed by atoms with Crippen molar-refractivity contribution in [2.75, 3.05) is 11.5 Å². The highest BCUT2D eigenvalue weighted by Gasteiger charge is 2.15. The molecule has 2 N–H and O–H groups in total. The Morgan fingerprint density at radius 1 is 1.41 bits per heavy atom. The van der Waals surface area contributed by atoms with Gasteiger partial charge in [0.2, 0.25) is 0 Å². The summed E-state index contributed by atoms with van der Waals surface area (Å²) in [5, 5.41) is 12.3. The van der Waals surface area contributed by atoms with Crippen LogP contribution in [0, 0.1) is 0 Å². The van der Waals surface area contributed by atoms with Crippen molar-refractivity contribution in [3.05, 3.63) is 35.4 Å². The van der Waals surface area contributed by atoms with Crippen molar-refractivity contribution in [1.29, 1.82) is 0 Å². The Morgan fingerprint density at radius 2 is 2.18 bits per heavy atom. The lowest BCUT2D eigenvalue weighted by Crippen LogP contribution is -2.28. The molecular formula is C13H17NO2S. The van der Waals surface area contributed by atoms with Crippen LogP contribution in [0.5, 0.6) is 0 Å². The number of carbonyl (C=O) groups is 1. The van der Waals surface area contributed by atoms with Gasteiger partial charge in [0.25, 0.3) is 0 Å². The van der Waals surface area contributed by atoms with E-state index >= 15 is 0 Å². The third kappa shape index (κ3) is 3.75. The van der Waals surface area contributed by atoms with E-state index in [1.165, 1.54) is 17.9 Å². The molecule has 0 saturated carbocycles. The van der Waals surface area contributed by atoms with Crippen molar-refractivity contribution >= 4 is 17.7 Å². The van der Waals surface area contributed by atoms with Gasteiger partial charge in [-0.25, -0.2) is 0 Å². The minimum absolute atomic E-state index is 0.108. The van der Waals surface area contributed by atoms with Crippen molar-refractivity contribution in [3.8, 4) is 0 Å². The summed E-state index contributed by atoms with van der Waals surface area (Å²) in [4.78, 5) is 10.8. The van der Waals surface area contributed by atoms with Crippen molar-refractivity contribution in [2.24, 2.45) is 0 Å². The lowest BCUT2D eigenvalue weighted by molar-refractivity contribution is -0.136. The van der Waals surface area contributed by atoms with E-state index in [0.717, 1.165) is 17.7 Å². The highest BCUT2D eigenvalue weighted by atomic mass is 32.2. The second-order valence-electron chi connectivity index (χ2n) is 4.28. The van der Waals surface area contributed by atoms with Crippen molar-refractivity contribution < 1.29 is 9.90 Å². The van der Waals surface area contributed by atoms with Gasteiger partial charge in [0, 0.05) is 18.3 Å². The number of aliphatic carboxylic acids is 1. The van der Waals surface area contributed by atoms with Gasteiger partial charge in [0.05, 0.1) is 6.42 Å². The van der Waals surface area contributed by atoms with Gasteiger partial charge in [0.1, 0.15) is 0 Å². The average Bonchev–Trinajstić information content (AvgIpc) is 2.80. The molecule has 1 aliphatic rings. The molecule has 1 aliphatic heterocycles. The summed E-state index contributed by atoms with van der Waals surface area (Å²) in [6.07, 6.45) is 1.32. The van der Waals surface area contributed by atoms with Crippen LogP contribution in [0.2, 0.25) is 0 Å². The highest BCUT2D eigenvalue weighted by Crippen LogP contribution is 2.18. The van der Waals surface area contributed by atoms with Crippen LogP contribution < -0.4 is 5.32 Å². The fourth-order valence-corrected chi connectivity index (χ4v) is 3.20. The molecule has 0 amide bonds. The Bertz CT molecular complexity index is 389. The second kappa shape index (κ2) is 6.07. The molecule has 0 radical (unpaired) electrons. The average molecular weight is 251 g/mol. The van der Waals surface area contributed by atoms with Crippen molar-refractivity contribution in [2.45, 2.75) is 25.4 Å². The van der Waals surface area contributed by atoms with E-state index in [1.807, 2.05) is 36.0 Å². The zero-order chi connectivity index (χ0) is 12.1. The summed E-state index contributed by atoms with van der Waals surface area (Å²) < 4.78 is 0. The summed E-state index contributed by atoms with van der Waals surface area (Å²) in [6, 6.07) is 8.35. The standard InChI is InChI=1S/C13H17NO2S/c15-13(16)7-10-3-1-2-4-11(10)8-14-12-5-6-17-9-12/h1-4,12,14H,5-9H2,(H,15,16). The Hall–Kier alpha value is -1.00. The van der Waals surface area contributed by atoms with Crippen molar-refractivity contribution in [3.63, 3.8) is 0 Å². The first-order chi connectivity index (χ1) is 8.25. The zero-order valence-electron chi connectivity index (χ0n) is 9.69. The minimum Gasteiger partial charge on any atom is -0.481 e. The first-order valence-corrected chi connectivity index (χ1v) is 7.01. The quantitative estimate of drug-likeness (QED) is 0.839. The van der Waals surface area contributed by atoms with E-state index in [0.29, 0.717) is 6.04 Å². The molecule has 3 nitrogen and oxygen atoms in total. The van der Waals surface area contributed by atoms with E-state index in [4.69, 9.17) is 5.11 Å². The summed E-state index contributed by atoms with van der Waals surface area (Å²) in [7, 11) is 0. The number of carboxylic acid groups (broad SMARTS) is 1. The second-order valence-corrected chi connectivity index (χ2v) is 5.43. The number of benzene rings is 1. The monoisotopic (exact) mass is 251 g/mol. The maximum absolute atomic E-state index is 10.8. The lowest BCUT2D eigenvalue weighted by atomic mass is 10.0. The van der Waals surface area contributed by atoms with Crippen molar-refractivity contribution in [1.82, 2.24) is 5.32 Å². The summed E-state index contributed by atoms with van der Waals surface area (Å²) in [5.74, 6) is 1.63.